The Kier molecular flexibility index (Phi) is 5.51. The molecule has 0 spiro atoms. The zero-order valence-electron chi connectivity index (χ0n) is 12.6. The Morgan fingerprint density at radius 2 is 1.73 bits per heavy atom. The Bertz CT molecular complexity index is 589. The number of hydrogen-bond donors (Lipinski definition) is 1. The summed E-state index contributed by atoms with van der Waals surface area (Å²) in [5.41, 5.74) is 6.52. The van der Waals surface area contributed by atoms with E-state index < -0.39 is 0 Å². The topological polar surface area (TPSA) is 27.6 Å². The molecule has 114 valence electrons. The highest BCUT2D eigenvalue weighted by Crippen LogP contribution is 2.13. The first-order chi connectivity index (χ1) is 10.9. The normalized spacial score (nSPS) is 16.0. The first-order valence-corrected chi connectivity index (χ1v) is 8.79. The predicted molar refractivity (Wildman–Crippen MR) is 96.7 cm³/mol. The summed E-state index contributed by atoms with van der Waals surface area (Å²) < 4.78 is 0. The quantitative estimate of drug-likeness (QED) is 0.674. The number of rotatable bonds is 5. The van der Waals surface area contributed by atoms with Gasteiger partial charge in [-0.3, -0.25) is 10.3 Å². The second-order valence-corrected chi connectivity index (χ2v) is 6.59. The van der Waals surface area contributed by atoms with Gasteiger partial charge in [0.25, 0.3) is 0 Å². The van der Waals surface area contributed by atoms with Crippen LogP contribution in [0.25, 0.3) is 0 Å². The van der Waals surface area contributed by atoms with Crippen molar-refractivity contribution in [2.45, 2.75) is 6.54 Å². The van der Waals surface area contributed by atoms with Crippen LogP contribution in [0.15, 0.2) is 59.7 Å². The fraction of sp³-hybridized carbons (Fsp3) is 0.278. The van der Waals surface area contributed by atoms with Gasteiger partial charge in [-0.25, -0.2) is 0 Å². The third-order valence-corrected chi connectivity index (χ3v) is 4.61. The van der Waals surface area contributed by atoms with Crippen LogP contribution in [-0.4, -0.2) is 35.7 Å². The maximum Gasteiger partial charge on any atom is 0.0561 e. The molecule has 3 rings (SSSR count). The number of hydrazone groups is 1. The number of para-hydroxylation sites is 1. The van der Waals surface area contributed by atoms with Gasteiger partial charge in [0.15, 0.2) is 0 Å². The molecule has 1 aliphatic rings. The van der Waals surface area contributed by atoms with Crippen molar-refractivity contribution < 1.29 is 0 Å². The summed E-state index contributed by atoms with van der Waals surface area (Å²) in [5, 5.41) is 4.27. The lowest BCUT2D eigenvalue weighted by Gasteiger charge is -2.26. The molecule has 0 unspecified atom stereocenters. The maximum absolute atomic E-state index is 4.27. The van der Waals surface area contributed by atoms with Crippen LogP contribution < -0.4 is 5.43 Å². The maximum atomic E-state index is 4.27. The third kappa shape index (κ3) is 4.61. The van der Waals surface area contributed by atoms with Gasteiger partial charge in [-0.05, 0) is 23.3 Å². The van der Waals surface area contributed by atoms with Gasteiger partial charge in [0.05, 0.1) is 11.9 Å². The van der Waals surface area contributed by atoms with E-state index in [9.17, 15) is 0 Å². The lowest BCUT2D eigenvalue weighted by Crippen LogP contribution is -2.31. The first-order valence-electron chi connectivity index (χ1n) is 7.63. The van der Waals surface area contributed by atoms with Gasteiger partial charge in [0.1, 0.15) is 0 Å². The molecule has 1 N–H and O–H groups in total. The number of hydrogen-bond acceptors (Lipinski definition) is 4. The molecule has 1 saturated heterocycles. The van der Waals surface area contributed by atoms with E-state index in [2.05, 4.69) is 51.5 Å². The Morgan fingerprint density at radius 3 is 2.45 bits per heavy atom. The zero-order valence-corrected chi connectivity index (χ0v) is 13.4. The summed E-state index contributed by atoms with van der Waals surface area (Å²) in [6.07, 6.45) is 1.86. The van der Waals surface area contributed by atoms with Crippen molar-refractivity contribution in [1.82, 2.24) is 4.90 Å². The fourth-order valence-electron chi connectivity index (χ4n) is 2.42. The number of thioether (sulfide) groups is 1. The lowest BCUT2D eigenvalue weighted by molar-refractivity contribution is 0.294. The van der Waals surface area contributed by atoms with E-state index in [0.29, 0.717) is 0 Å². The molecule has 0 aromatic heterocycles. The van der Waals surface area contributed by atoms with E-state index in [1.807, 2.05) is 36.5 Å². The smallest absolute Gasteiger partial charge is 0.0561 e. The summed E-state index contributed by atoms with van der Waals surface area (Å²) in [4.78, 5) is 2.52. The minimum absolute atomic E-state index is 0.998. The fourth-order valence-corrected chi connectivity index (χ4v) is 3.40. The number of anilines is 1. The van der Waals surface area contributed by atoms with Crippen LogP contribution in [0, 0.1) is 0 Å². The zero-order chi connectivity index (χ0) is 15.0. The average Bonchev–Trinajstić information content (AvgIpc) is 2.58. The molecule has 22 heavy (non-hydrogen) atoms. The van der Waals surface area contributed by atoms with Crippen LogP contribution in [0.4, 0.5) is 5.69 Å². The molecule has 1 fully saturated rings. The summed E-state index contributed by atoms with van der Waals surface area (Å²) in [6.45, 7) is 3.46. The second kappa shape index (κ2) is 8.01. The van der Waals surface area contributed by atoms with Crippen molar-refractivity contribution in [2.24, 2.45) is 5.10 Å². The van der Waals surface area contributed by atoms with E-state index >= 15 is 0 Å². The molecule has 2 aromatic rings. The van der Waals surface area contributed by atoms with Gasteiger partial charge in [0.2, 0.25) is 0 Å². The minimum atomic E-state index is 0.998. The van der Waals surface area contributed by atoms with E-state index in [-0.39, 0.29) is 0 Å². The minimum Gasteiger partial charge on any atom is -0.297 e. The molecule has 3 nitrogen and oxygen atoms in total. The Morgan fingerprint density at radius 1 is 1.00 bits per heavy atom. The molecule has 0 aliphatic carbocycles. The average molecular weight is 311 g/mol. The monoisotopic (exact) mass is 311 g/mol. The number of nitrogens with one attached hydrogen (secondary N) is 1. The summed E-state index contributed by atoms with van der Waals surface area (Å²) >= 11 is 2.05. The van der Waals surface area contributed by atoms with Crippen LogP contribution in [-0.2, 0) is 6.54 Å². The molecule has 0 radical (unpaired) electrons. The Labute approximate surface area is 136 Å². The lowest BCUT2D eigenvalue weighted by atomic mass is 10.1. The molecule has 0 bridgehead atoms. The van der Waals surface area contributed by atoms with Crippen LogP contribution in [0.1, 0.15) is 11.1 Å². The van der Waals surface area contributed by atoms with Gasteiger partial charge < -0.3 is 0 Å². The van der Waals surface area contributed by atoms with Crippen molar-refractivity contribution in [3.8, 4) is 0 Å². The van der Waals surface area contributed by atoms with Crippen molar-refractivity contribution in [2.75, 3.05) is 30.0 Å². The molecule has 1 heterocycles. The highest BCUT2D eigenvalue weighted by atomic mass is 32.2. The molecule has 4 heteroatoms. The van der Waals surface area contributed by atoms with Gasteiger partial charge in [-0.1, -0.05) is 42.5 Å². The molecule has 0 atom stereocenters. The summed E-state index contributed by atoms with van der Waals surface area (Å²) in [7, 11) is 0. The van der Waals surface area contributed by atoms with Crippen LogP contribution in [0.5, 0.6) is 0 Å². The summed E-state index contributed by atoms with van der Waals surface area (Å²) in [6, 6.07) is 18.6. The van der Waals surface area contributed by atoms with E-state index in [1.54, 1.807) is 0 Å². The van der Waals surface area contributed by atoms with Crippen LogP contribution >= 0.6 is 11.8 Å². The van der Waals surface area contributed by atoms with Gasteiger partial charge in [-0.2, -0.15) is 16.9 Å². The standard InChI is InChI=1S/C18H21N3S/c1-2-4-18(5-3-1)20-19-14-16-6-8-17(9-7-16)15-21-10-12-22-13-11-21/h1-9,14,20H,10-13,15H2. The highest BCUT2D eigenvalue weighted by Gasteiger charge is 2.10. The molecular weight excluding hydrogens is 290 g/mol. The van der Waals surface area contributed by atoms with E-state index in [4.69, 9.17) is 0 Å². The predicted octanol–water partition coefficient (Wildman–Crippen LogP) is 3.68. The molecule has 0 saturated carbocycles. The number of nitrogens with zero attached hydrogens (tertiary/aromatic N) is 2. The molecule has 2 aromatic carbocycles. The van der Waals surface area contributed by atoms with Crippen LogP contribution in [0.2, 0.25) is 0 Å². The summed E-state index contributed by atoms with van der Waals surface area (Å²) in [5.74, 6) is 2.52. The first kappa shape index (κ1) is 15.1. The van der Waals surface area contributed by atoms with Crippen molar-refractivity contribution in [3.63, 3.8) is 0 Å². The molecule has 1 aliphatic heterocycles. The van der Waals surface area contributed by atoms with Gasteiger partial charge in [-0.15, -0.1) is 0 Å². The number of benzene rings is 2. The van der Waals surface area contributed by atoms with E-state index in [1.165, 1.54) is 30.2 Å². The highest BCUT2D eigenvalue weighted by molar-refractivity contribution is 7.99. The third-order valence-electron chi connectivity index (χ3n) is 3.67. The van der Waals surface area contributed by atoms with Gasteiger partial charge >= 0.3 is 0 Å². The Balaban J connectivity index is 1.52. The van der Waals surface area contributed by atoms with Crippen molar-refractivity contribution in [3.05, 3.63) is 65.7 Å². The van der Waals surface area contributed by atoms with Crippen molar-refractivity contribution in [1.29, 1.82) is 0 Å². The molecular formula is C18H21N3S. The SMILES string of the molecule is C(=NNc1ccccc1)c1ccc(CN2CCSCC2)cc1. The van der Waals surface area contributed by atoms with Crippen LogP contribution in [0.3, 0.4) is 0 Å². The molecule has 0 amide bonds. The largest absolute Gasteiger partial charge is 0.297 e. The van der Waals surface area contributed by atoms with Crippen molar-refractivity contribution >= 4 is 23.7 Å². The Hall–Kier alpha value is -1.78. The van der Waals surface area contributed by atoms with Gasteiger partial charge in [0, 0.05) is 31.1 Å². The second-order valence-electron chi connectivity index (χ2n) is 5.37. The van der Waals surface area contributed by atoms with E-state index in [0.717, 1.165) is 17.8 Å².